The van der Waals surface area contributed by atoms with Gasteiger partial charge in [0.2, 0.25) is 0 Å². The molecule has 0 N–H and O–H groups in total. The molecule has 0 aromatic rings. The lowest BCUT2D eigenvalue weighted by molar-refractivity contribution is 0.662. The van der Waals surface area contributed by atoms with Gasteiger partial charge in [0.15, 0.2) is 0 Å². The molecule has 0 aliphatic rings. The van der Waals surface area contributed by atoms with Gasteiger partial charge >= 0.3 is 0 Å². The van der Waals surface area contributed by atoms with E-state index in [-0.39, 0.29) is 0 Å². The summed E-state index contributed by atoms with van der Waals surface area (Å²) in [5, 5.41) is 0. The molecule has 0 unspecified atom stereocenters. The first-order chi connectivity index (χ1) is 4.77. The Bertz CT molecular complexity index is 84.7. The maximum atomic E-state index is 2.29. The van der Waals surface area contributed by atoms with Gasteiger partial charge in [-0.2, -0.15) is 11.8 Å². The number of hydrogen-bond donors (Lipinski definition) is 0. The van der Waals surface area contributed by atoms with Crippen LogP contribution in [0.25, 0.3) is 0 Å². The van der Waals surface area contributed by atoms with Crippen molar-refractivity contribution in [1.29, 1.82) is 0 Å². The van der Waals surface area contributed by atoms with Gasteiger partial charge in [0, 0.05) is 0 Å². The minimum atomic E-state index is 0.811. The molecule has 0 atom stereocenters. The molecule has 0 nitrogen and oxygen atoms in total. The molecule has 0 amide bonds. The average Bonchev–Trinajstić information content (AvgIpc) is 1.87. The Morgan fingerprint density at radius 2 is 2.00 bits per heavy atom. The first-order valence-corrected chi connectivity index (χ1v) is 5.30. The second-order valence-electron chi connectivity index (χ2n) is 2.88. The highest BCUT2D eigenvalue weighted by Gasteiger charge is 1.86. The van der Waals surface area contributed by atoms with Gasteiger partial charge in [-0.3, -0.25) is 0 Å². The number of hydrogen-bond acceptors (Lipinski definition) is 1. The van der Waals surface area contributed by atoms with Gasteiger partial charge in [0.25, 0.3) is 0 Å². The van der Waals surface area contributed by atoms with Gasteiger partial charge < -0.3 is 0 Å². The monoisotopic (exact) mass is 158 g/mol. The molecule has 0 bridgehead atoms. The molecule has 0 aliphatic heterocycles. The molecule has 0 heterocycles. The van der Waals surface area contributed by atoms with Crippen LogP contribution in [0.5, 0.6) is 0 Å². The minimum absolute atomic E-state index is 0.811. The highest BCUT2D eigenvalue weighted by molar-refractivity contribution is 7.98. The predicted octanol–water partition coefficient (Wildman–Crippen LogP) is 3.34. The van der Waals surface area contributed by atoms with E-state index in [0.29, 0.717) is 0 Å². The molecule has 10 heavy (non-hydrogen) atoms. The van der Waals surface area contributed by atoms with Crippen molar-refractivity contribution in [2.45, 2.75) is 26.7 Å². The summed E-state index contributed by atoms with van der Waals surface area (Å²) in [6.07, 6.45) is 9.19. The second kappa shape index (κ2) is 7.20. The Balaban J connectivity index is 3.04. The van der Waals surface area contributed by atoms with Crippen LogP contribution in [0.15, 0.2) is 12.2 Å². The maximum absolute atomic E-state index is 2.29. The van der Waals surface area contributed by atoms with E-state index >= 15 is 0 Å². The van der Waals surface area contributed by atoms with Gasteiger partial charge in [-0.15, -0.1) is 0 Å². The Morgan fingerprint density at radius 1 is 1.30 bits per heavy atom. The van der Waals surface area contributed by atoms with Crippen molar-refractivity contribution in [3.8, 4) is 0 Å². The van der Waals surface area contributed by atoms with Gasteiger partial charge in [0.1, 0.15) is 0 Å². The third-order valence-corrected chi connectivity index (χ3v) is 1.91. The lowest BCUT2D eigenvalue weighted by Crippen LogP contribution is -1.81. The quantitative estimate of drug-likeness (QED) is 0.437. The molecule has 0 rings (SSSR count). The van der Waals surface area contributed by atoms with Crippen LogP contribution < -0.4 is 0 Å². The lowest BCUT2D eigenvalue weighted by Gasteiger charge is -1.95. The van der Waals surface area contributed by atoms with E-state index in [4.69, 9.17) is 0 Å². The topological polar surface area (TPSA) is 0 Å². The molecule has 0 aromatic carbocycles. The van der Waals surface area contributed by atoms with Crippen LogP contribution in [0.2, 0.25) is 0 Å². The zero-order valence-corrected chi connectivity index (χ0v) is 8.08. The van der Waals surface area contributed by atoms with Gasteiger partial charge in [-0.25, -0.2) is 0 Å². The molecular formula is C9H18S. The maximum Gasteiger partial charge on any atom is -0.00357 e. The van der Waals surface area contributed by atoms with Crippen molar-refractivity contribution in [3.05, 3.63) is 12.2 Å². The zero-order valence-electron chi connectivity index (χ0n) is 7.26. The van der Waals surface area contributed by atoms with Crippen LogP contribution in [0.4, 0.5) is 0 Å². The Hall–Kier alpha value is 0.0900. The smallest absolute Gasteiger partial charge is 0.00357 e. The molecule has 0 saturated carbocycles. The van der Waals surface area contributed by atoms with Crippen molar-refractivity contribution in [2.75, 3.05) is 12.0 Å². The molecule has 0 radical (unpaired) electrons. The fourth-order valence-electron chi connectivity index (χ4n) is 0.672. The van der Waals surface area contributed by atoms with E-state index in [1.54, 1.807) is 0 Å². The fraction of sp³-hybridized carbons (Fsp3) is 0.778. The minimum Gasteiger partial charge on any atom is -0.165 e. The Morgan fingerprint density at radius 3 is 2.50 bits per heavy atom. The van der Waals surface area contributed by atoms with Gasteiger partial charge in [0.05, 0.1) is 0 Å². The van der Waals surface area contributed by atoms with Crippen LogP contribution in [0.1, 0.15) is 26.7 Å². The number of rotatable bonds is 5. The standard InChI is InChI=1S/C9H18S/c1-9(2)7-5-4-6-8-10-3/h4-5,9H,6-8H2,1-3H3/b5-4-. The molecule has 0 aromatic heterocycles. The van der Waals surface area contributed by atoms with Crippen LogP contribution in [-0.2, 0) is 0 Å². The van der Waals surface area contributed by atoms with Crippen LogP contribution in [0.3, 0.4) is 0 Å². The first kappa shape index (κ1) is 10.1. The highest BCUT2D eigenvalue weighted by atomic mass is 32.2. The highest BCUT2D eigenvalue weighted by Crippen LogP contribution is 2.02. The summed E-state index contributed by atoms with van der Waals surface area (Å²) < 4.78 is 0. The van der Waals surface area contributed by atoms with Crippen molar-refractivity contribution in [2.24, 2.45) is 5.92 Å². The summed E-state index contributed by atoms with van der Waals surface area (Å²) in [7, 11) is 0. The molecule has 1 heteroatoms. The third-order valence-electron chi connectivity index (χ3n) is 1.26. The molecular weight excluding hydrogens is 140 g/mol. The van der Waals surface area contributed by atoms with E-state index in [0.717, 1.165) is 5.92 Å². The van der Waals surface area contributed by atoms with Crippen molar-refractivity contribution in [1.82, 2.24) is 0 Å². The molecule has 0 fully saturated rings. The fourth-order valence-corrected chi connectivity index (χ4v) is 1.04. The van der Waals surface area contributed by atoms with Crippen LogP contribution >= 0.6 is 11.8 Å². The molecule has 0 spiro atoms. The predicted molar refractivity (Wildman–Crippen MR) is 51.6 cm³/mol. The van der Waals surface area contributed by atoms with Crippen LogP contribution in [0, 0.1) is 5.92 Å². The summed E-state index contributed by atoms with van der Waals surface area (Å²) in [5.74, 6) is 2.07. The van der Waals surface area contributed by atoms with Gasteiger partial charge in [-0.05, 0) is 30.8 Å². The summed E-state index contributed by atoms with van der Waals surface area (Å²) in [4.78, 5) is 0. The van der Waals surface area contributed by atoms with Crippen molar-refractivity contribution in [3.63, 3.8) is 0 Å². The van der Waals surface area contributed by atoms with E-state index < -0.39 is 0 Å². The number of thioether (sulfide) groups is 1. The van der Waals surface area contributed by atoms with E-state index in [2.05, 4.69) is 32.3 Å². The largest absolute Gasteiger partial charge is 0.165 e. The first-order valence-electron chi connectivity index (χ1n) is 3.91. The summed E-state index contributed by atoms with van der Waals surface area (Å²) in [6.45, 7) is 4.50. The molecule has 0 aliphatic carbocycles. The average molecular weight is 158 g/mol. The zero-order chi connectivity index (χ0) is 7.82. The van der Waals surface area contributed by atoms with E-state index in [1.807, 2.05) is 11.8 Å². The SMILES string of the molecule is CSCC/C=C\CC(C)C. The summed E-state index contributed by atoms with van der Waals surface area (Å²) in [5.41, 5.74) is 0. The summed E-state index contributed by atoms with van der Waals surface area (Å²) in [6, 6.07) is 0. The Kier molecular flexibility index (Phi) is 7.26. The third kappa shape index (κ3) is 8.09. The number of allylic oxidation sites excluding steroid dienone is 2. The molecule has 0 saturated heterocycles. The Labute approximate surface area is 69.1 Å². The van der Waals surface area contributed by atoms with Crippen molar-refractivity contribution >= 4 is 11.8 Å². The lowest BCUT2D eigenvalue weighted by atomic mass is 10.1. The van der Waals surface area contributed by atoms with Crippen LogP contribution in [-0.4, -0.2) is 12.0 Å². The van der Waals surface area contributed by atoms with Gasteiger partial charge in [-0.1, -0.05) is 26.0 Å². The van der Waals surface area contributed by atoms with E-state index in [1.165, 1.54) is 18.6 Å². The molecule has 60 valence electrons. The second-order valence-corrected chi connectivity index (χ2v) is 3.87. The summed E-state index contributed by atoms with van der Waals surface area (Å²) >= 11 is 1.91. The van der Waals surface area contributed by atoms with Crippen molar-refractivity contribution < 1.29 is 0 Å². The van der Waals surface area contributed by atoms with E-state index in [9.17, 15) is 0 Å². The normalized spacial score (nSPS) is 11.6.